The highest BCUT2D eigenvalue weighted by Crippen LogP contribution is 2.35. The summed E-state index contributed by atoms with van der Waals surface area (Å²) >= 11 is 4.84. The highest BCUT2D eigenvalue weighted by Gasteiger charge is 2.33. The van der Waals surface area contributed by atoms with E-state index in [0.717, 1.165) is 18.7 Å². The molecule has 108 valence electrons. The molecule has 0 saturated carbocycles. The molecule has 1 nitrogen and oxygen atoms in total. The van der Waals surface area contributed by atoms with Crippen LogP contribution in [-0.2, 0) is 11.5 Å². The second-order valence-corrected chi connectivity index (χ2v) is 5.79. The molecule has 19 heavy (non-hydrogen) atoms. The molecule has 1 rings (SSSR count). The van der Waals surface area contributed by atoms with Crippen LogP contribution in [0.5, 0.6) is 0 Å². The van der Waals surface area contributed by atoms with E-state index in [1.54, 1.807) is 17.8 Å². The monoisotopic (exact) mass is 355 g/mol. The third-order valence-corrected chi connectivity index (χ3v) is 4.13. The Morgan fingerprint density at radius 3 is 2.53 bits per heavy atom. The van der Waals surface area contributed by atoms with Crippen molar-refractivity contribution in [2.45, 2.75) is 17.9 Å². The van der Waals surface area contributed by atoms with Gasteiger partial charge in [0.25, 0.3) is 0 Å². The molecule has 0 bridgehead atoms. The first kappa shape index (κ1) is 16.7. The number of hydrogen-bond acceptors (Lipinski definition) is 2. The SMILES string of the molecule is CSCCCN(C)c1ccc(CBr)c(C(F)(F)F)c1. The fourth-order valence-electron chi connectivity index (χ4n) is 1.76. The van der Waals surface area contributed by atoms with Crippen LogP contribution in [0.1, 0.15) is 17.5 Å². The molecule has 0 saturated heterocycles. The molecule has 0 aliphatic heterocycles. The molecule has 0 fully saturated rings. The van der Waals surface area contributed by atoms with E-state index in [0.29, 0.717) is 5.69 Å². The van der Waals surface area contributed by atoms with Crippen LogP contribution in [0.25, 0.3) is 0 Å². The minimum atomic E-state index is -4.31. The number of alkyl halides is 4. The zero-order chi connectivity index (χ0) is 14.5. The first-order chi connectivity index (χ1) is 8.90. The fourth-order valence-corrected chi connectivity index (χ4v) is 2.66. The van der Waals surface area contributed by atoms with Gasteiger partial charge in [-0.05, 0) is 36.1 Å². The summed E-state index contributed by atoms with van der Waals surface area (Å²) in [6.07, 6.45) is -1.33. The van der Waals surface area contributed by atoms with Crippen LogP contribution >= 0.6 is 27.7 Å². The van der Waals surface area contributed by atoms with Crippen LogP contribution in [0.2, 0.25) is 0 Å². The Kier molecular flexibility index (Phi) is 6.53. The number of halogens is 4. The number of rotatable bonds is 6. The lowest BCUT2D eigenvalue weighted by atomic mass is 10.1. The van der Waals surface area contributed by atoms with Crippen molar-refractivity contribution in [2.24, 2.45) is 0 Å². The second-order valence-electron chi connectivity index (χ2n) is 4.24. The average Bonchev–Trinajstić information content (AvgIpc) is 2.37. The van der Waals surface area contributed by atoms with Crippen LogP contribution in [0.3, 0.4) is 0 Å². The summed E-state index contributed by atoms with van der Waals surface area (Å²) in [6.45, 7) is 0.756. The maximum Gasteiger partial charge on any atom is 0.416 e. The van der Waals surface area contributed by atoms with Gasteiger partial charge in [0.1, 0.15) is 0 Å². The average molecular weight is 356 g/mol. The molecule has 0 radical (unpaired) electrons. The summed E-state index contributed by atoms with van der Waals surface area (Å²) in [5, 5.41) is 0.207. The Morgan fingerprint density at radius 1 is 1.32 bits per heavy atom. The Hall–Kier alpha value is -0.360. The molecule has 0 aromatic heterocycles. The van der Waals surface area contributed by atoms with Crippen LogP contribution in [0, 0.1) is 0 Å². The first-order valence-corrected chi connectivity index (χ1v) is 8.38. The molecule has 0 heterocycles. The Labute approximate surface area is 124 Å². The highest BCUT2D eigenvalue weighted by atomic mass is 79.9. The van der Waals surface area contributed by atoms with E-state index in [2.05, 4.69) is 15.9 Å². The molecule has 0 unspecified atom stereocenters. The maximum absolute atomic E-state index is 12.9. The van der Waals surface area contributed by atoms with Gasteiger partial charge in [-0.1, -0.05) is 22.0 Å². The normalized spacial score (nSPS) is 11.7. The van der Waals surface area contributed by atoms with E-state index >= 15 is 0 Å². The smallest absolute Gasteiger partial charge is 0.375 e. The number of benzene rings is 1. The number of thioether (sulfide) groups is 1. The van der Waals surface area contributed by atoms with Gasteiger partial charge in [-0.3, -0.25) is 0 Å². The van der Waals surface area contributed by atoms with Crippen LogP contribution in [0.4, 0.5) is 18.9 Å². The van der Waals surface area contributed by atoms with Crippen molar-refractivity contribution >= 4 is 33.4 Å². The topological polar surface area (TPSA) is 3.24 Å². The van der Waals surface area contributed by atoms with Gasteiger partial charge >= 0.3 is 6.18 Å². The number of anilines is 1. The first-order valence-electron chi connectivity index (χ1n) is 5.86. The van der Waals surface area contributed by atoms with Crippen molar-refractivity contribution in [1.29, 1.82) is 0 Å². The van der Waals surface area contributed by atoms with E-state index < -0.39 is 11.7 Å². The minimum Gasteiger partial charge on any atom is -0.375 e. The quantitative estimate of drug-likeness (QED) is 0.533. The summed E-state index contributed by atoms with van der Waals surface area (Å²) in [6, 6.07) is 4.51. The summed E-state index contributed by atoms with van der Waals surface area (Å²) in [7, 11) is 1.82. The van der Waals surface area contributed by atoms with Crippen LogP contribution < -0.4 is 4.90 Å². The standard InChI is InChI=1S/C13H17BrF3NS/c1-18(6-3-7-19-2)11-5-4-10(9-14)12(8-11)13(15,16)17/h4-5,8H,3,6-7,9H2,1-2H3. The predicted molar refractivity (Wildman–Crippen MR) is 80.3 cm³/mol. The van der Waals surface area contributed by atoms with E-state index in [1.165, 1.54) is 12.1 Å². The number of nitrogens with zero attached hydrogens (tertiary/aromatic N) is 1. The van der Waals surface area contributed by atoms with Gasteiger partial charge < -0.3 is 4.90 Å². The molecule has 6 heteroatoms. The van der Waals surface area contributed by atoms with Crippen molar-refractivity contribution in [3.8, 4) is 0 Å². The third kappa shape index (κ3) is 4.91. The van der Waals surface area contributed by atoms with Gasteiger partial charge in [0.15, 0.2) is 0 Å². The Balaban J connectivity index is 2.91. The van der Waals surface area contributed by atoms with Crippen molar-refractivity contribution in [3.63, 3.8) is 0 Å². The minimum absolute atomic E-state index is 0.207. The van der Waals surface area contributed by atoms with Crippen molar-refractivity contribution in [3.05, 3.63) is 29.3 Å². The molecular weight excluding hydrogens is 339 g/mol. The fraction of sp³-hybridized carbons (Fsp3) is 0.538. The molecule has 0 aliphatic carbocycles. The lowest BCUT2D eigenvalue weighted by Gasteiger charge is -2.21. The predicted octanol–water partition coefficient (Wildman–Crippen LogP) is 4.79. The summed E-state index contributed by atoms with van der Waals surface area (Å²) in [5.74, 6) is 1.01. The van der Waals surface area contributed by atoms with E-state index in [4.69, 9.17) is 0 Å². The highest BCUT2D eigenvalue weighted by molar-refractivity contribution is 9.08. The molecule has 0 aliphatic rings. The maximum atomic E-state index is 12.9. The van der Waals surface area contributed by atoms with Crippen molar-refractivity contribution < 1.29 is 13.2 Å². The molecule has 1 aromatic carbocycles. The molecule has 0 atom stereocenters. The molecular formula is C13H17BrF3NS. The summed E-state index contributed by atoms with van der Waals surface area (Å²) < 4.78 is 38.8. The van der Waals surface area contributed by atoms with Gasteiger partial charge in [0, 0.05) is 24.6 Å². The molecule has 0 amide bonds. The number of hydrogen-bond donors (Lipinski definition) is 0. The van der Waals surface area contributed by atoms with Crippen LogP contribution in [-0.4, -0.2) is 25.6 Å². The second kappa shape index (κ2) is 7.43. The van der Waals surface area contributed by atoms with Gasteiger partial charge in [0.05, 0.1) is 5.56 Å². The Morgan fingerprint density at radius 2 is 2.00 bits per heavy atom. The van der Waals surface area contributed by atoms with Crippen molar-refractivity contribution in [2.75, 3.05) is 30.5 Å². The Bertz CT molecular complexity index is 409. The lowest BCUT2D eigenvalue weighted by Crippen LogP contribution is -2.20. The molecule has 0 spiro atoms. The van der Waals surface area contributed by atoms with E-state index in [9.17, 15) is 13.2 Å². The van der Waals surface area contributed by atoms with Gasteiger partial charge in [-0.15, -0.1) is 0 Å². The van der Waals surface area contributed by atoms with Crippen molar-refractivity contribution in [1.82, 2.24) is 0 Å². The van der Waals surface area contributed by atoms with Gasteiger partial charge in [-0.2, -0.15) is 24.9 Å². The lowest BCUT2D eigenvalue weighted by molar-refractivity contribution is -0.138. The third-order valence-electron chi connectivity index (χ3n) is 2.83. The van der Waals surface area contributed by atoms with Gasteiger partial charge in [0.2, 0.25) is 0 Å². The van der Waals surface area contributed by atoms with E-state index in [1.807, 2.05) is 18.2 Å². The largest absolute Gasteiger partial charge is 0.416 e. The summed E-state index contributed by atoms with van der Waals surface area (Å²) in [4.78, 5) is 1.86. The van der Waals surface area contributed by atoms with Gasteiger partial charge in [-0.25, -0.2) is 0 Å². The summed E-state index contributed by atoms with van der Waals surface area (Å²) in [5.41, 5.74) is 0.325. The van der Waals surface area contributed by atoms with E-state index in [-0.39, 0.29) is 10.9 Å². The zero-order valence-corrected chi connectivity index (χ0v) is 13.3. The zero-order valence-electron chi connectivity index (χ0n) is 10.9. The van der Waals surface area contributed by atoms with Crippen LogP contribution in [0.15, 0.2) is 18.2 Å². The molecule has 0 N–H and O–H groups in total. The molecule has 1 aromatic rings.